The SMILES string of the molecule is Cc1ccc(CCC2CCC(C)CC2)c(Cl)c1F.Cc1ccc(CCC2CCC(C)CC2)c(Cl)c1F.Cc1ccc(CCC2CCC(C)CC2)c(F)c1Cl.Cc1ccc(CCC2CCC(C)CC2)c(F)c1Cl.Cc1ccc(CCC2CCC(C)CC2)c(F)c1F.Cc1ccc(CCC2CCC(C)CC2)c(F)c1F.[HH].[HH].[HH].[HH].[HH].[HH]. The summed E-state index contributed by atoms with van der Waals surface area (Å²) >= 11 is 24.0. The largest absolute Gasteiger partial charge is 0.205 e. The summed E-state index contributed by atoms with van der Waals surface area (Å²) in [5.74, 6) is 6.26. The molecule has 6 aromatic rings. The summed E-state index contributed by atoms with van der Waals surface area (Å²) in [5.41, 5.74) is 8.28. The van der Waals surface area contributed by atoms with E-state index in [9.17, 15) is 35.1 Å². The molecule has 0 unspecified atom stereocenters. The van der Waals surface area contributed by atoms with E-state index in [2.05, 4.69) is 41.5 Å². The fraction of sp³-hybridized carbons (Fsp3) is 0.625. The summed E-state index contributed by atoms with van der Waals surface area (Å²) in [5, 5.41) is 1.26. The lowest BCUT2D eigenvalue weighted by Gasteiger charge is -2.26. The van der Waals surface area contributed by atoms with Crippen LogP contribution in [0.2, 0.25) is 20.1 Å². The summed E-state index contributed by atoms with van der Waals surface area (Å²) in [4.78, 5) is 0. The third-order valence-corrected chi connectivity index (χ3v) is 27.6. The van der Waals surface area contributed by atoms with Crippen molar-refractivity contribution in [3.05, 3.63) is 206 Å². The van der Waals surface area contributed by atoms with Crippen LogP contribution in [-0.2, 0) is 38.5 Å². The fourth-order valence-electron chi connectivity index (χ4n) is 17.1. The smallest absolute Gasteiger partial charge is 0.162 e. The van der Waals surface area contributed by atoms with E-state index in [1.165, 1.54) is 154 Å². The van der Waals surface area contributed by atoms with Crippen molar-refractivity contribution in [2.75, 3.05) is 0 Å². The third kappa shape index (κ3) is 29.4. The Labute approximate surface area is 677 Å². The Morgan fingerprint density at radius 2 is 0.380 bits per heavy atom. The molecule has 0 N–H and O–H groups in total. The second kappa shape index (κ2) is 46.3. The Morgan fingerprint density at radius 1 is 0.213 bits per heavy atom. The first kappa shape index (κ1) is 91.1. The predicted molar refractivity (Wildman–Crippen MR) is 456 cm³/mol. The molecule has 0 amide bonds. The Hall–Kier alpha value is -4.08. The molecule has 12 heteroatoms. The number of hydrogen-bond acceptors (Lipinski definition) is 0. The van der Waals surface area contributed by atoms with E-state index in [4.69, 9.17) is 46.4 Å². The molecule has 0 aromatic heterocycles. The van der Waals surface area contributed by atoms with Gasteiger partial charge < -0.3 is 0 Å². The number of benzene rings is 6. The second-order valence-electron chi connectivity index (χ2n) is 35.0. The minimum absolute atomic E-state index is 0. The lowest BCUT2D eigenvalue weighted by molar-refractivity contribution is 0.277. The predicted octanol–water partition coefficient (Wildman–Crippen LogP) is 33.7. The molecular weight excluding hydrogens is 1450 g/mol. The maximum atomic E-state index is 13.9. The minimum atomic E-state index is -0.676. The van der Waals surface area contributed by atoms with Crippen molar-refractivity contribution in [2.24, 2.45) is 71.0 Å². The molecule has 0 nitrogen and oxygen atoms in total. The molecule has 6 aliphatic carbocycles. The molecule has 0 saturated heterocycles. The molecule has 0 radical (unpaired) electrons. The Balaban J connectivity index is 0.000000677. The molecule has 12 rings (SSSR count). The molecule has 0 aliphatic heterocycles. The van der Waals surface area contributed by atoms with Gasteiger partial charge in [0.1, 0.15) is 23.3 Å². The molecular formula is C96H144Cl4F8. The van der Waals surface area contributed by atoms with Gasteiger partial charge in [-0.2, -0.15) is 0 Å². The van der Waals surface area contributed by atoms with Crippen molar-refractivity contribution >= 4 is 46.4 Å². The minimum Gasteiger partial charge on any atom is -0.205 e. The van der Waals surface area contributed by atoms with Crippen LogP contribution >= 0.6 is 46.4 Å². The summed E-state index contributed by atoms with van der Waals surface area (Å²) in [6.45, 7) is 24.3. The van der Waals surface area contributed by atoms with Crippen molar-refractivity contribution in [2.45, 2.75) is 314 Å². The molecule has 0 atom stereocenters. The van der Waals surface area contributed by atoms with Crippen LogP contribution in [0.25, 0.3) is 0 Å². The van der Waals surface area contributed by atoms with Gasteiger partial charge in [0.15, 0.2) is 23.3 Å². The zero-order valence-electron chi connectivity index (χ0n) is 67.8. The van der Waals surface area contributed by atoms with E-state index < -0.39 is 23.3 Å². The third-order valence-electron chi connectivity index (χ3n) is 25.9. The highest BCUT2D eigenvalue weighted by Crippen LogP contribution is 2.39. The number of halogens is 12. The highest BCUT2D eigenvalue weighted by molar-refractivity contribution is 6.32. The van der Waals surface area contributed by atoms with Gasteiger partial charge >= 0.3 is 0 Å². The van der Waals surface area contributed by atoms with Crippen LogP contribution in [0.5, 0.6) is 0 Å². The van der Waals surface area contributed by atoms with Gasteiger partial charge in [-0.25, -0.2) is 35.1 Å². The zero-order valence-corrected chi connectivity index (χ0v) is 70.9. The highest BCUT2D eigenvalue weighted by atomic mass is 35.5. The Bertz CT molecular complexity index is 3080. The molecule has 6 saturated carbocycles. The molecule has 0 heterocycles. The van der Waals surface area contributed by atoms with Crippen molar-refractivity contribution in [3.63, 3.8) is 0 Å². The van der Waals surface area contributed by atoms with Gasteiger partial charge in [-0.15, -0.1) is 0 Å². The number of hydrogen-bond donors (Lipinski definition) is 0. The number of rotatable bonds is 18. The summed E-state index contributed by atoms with van der Waals surface area (Å²) in [7, 11) is 0. The second-order valence-corrected chi connectivity index (χ2v) is 36.5. The maximum Gasteiger partial charge on any atom is 0.162 e. The molecule has 108 heavy (non-hydrogen) atoms. The first-order valence-electron chi connectivity index (χ1n) is 42.1. The van der Waals surface area contributed by atoms with Gasteiger partial charge in [0.25, 0.3) is 0 Å². The molecule has 6 aliphatic rings. The monoisotopic (exact) mass is 1590 g/mol. The molecule has 6 fully saturated rings. The van der Waals surface area contributed by atoms with Crippen molar-refractivity contribution < 1.29 is 43.7 Å². The van der Waals surface area contributed by atoms with Crippen molar-refractivity contribution in [1.29, 1.82) is 0 Å². The summed E-state index contributed by atoms with van der Waals surface area (Å²) in [6, 6.07) is 22.1. The van der Waals surface area contributed by atoms with Gasteiger partial charge in [-0.1, -0.05) is 315 Å². The van der Waals surface area contributed by atoms with E-state index in [0.29, 0.717) is 78.1 Å². The average Bonchev–Trinajstić information content (AvgIpc) is 0.868. The quantitative estimate of drug-likeness (QED) is 0.0753. The van der Waals surface area contributed by atoms with E-state index in [0.717, 1.165) is 157 Å². The van der Waals surface area contributed by atoms with Crippen LogP contribution in [0, 0.1) is 159 Å². The van der Waals surface area contributed by atoms with Crippen LogP contribution in [0.1, 0.15) is 309 Å². The Morgan fingerprint density at radius 3 is 0.593 bits per heavy atom. The van der Waals surface area contributed by atoms with Crippen molar-refractivity contribution in [3.8, 4) is 0 Å². The fourth-order valence-corrected chi connectivity index (χ4v) is 18.1. The highest BCUT2D eigenvalue weighted by Gasteiger charge is 2.26. The van der Waals surface area contributed by atoms with Gasteiger partial charge in [0.05, 0.1) is 20.1 Å². The van der Waals surface area contributed by atoms with Crippen LogP contribution in [0.15, 0.2) is 72.8 Å². The van der Waals surface area contributed by atoms with E-state index in [-0.39, 0.29) is 31.8 Å². The van der Waals surface area contributed by atoms with Gasteiger partial charge in [0.2, 0.25) is 0 Å². The van der Waals surface area contributed by atoms with E-state index >= 15 is 0 Å². The van der Waals surface area contributed by atoms with E-state index in [1.807, 2.05) is 62.4 Å². The maximum absolute atomic E-state index is 13.9. The average molecular weight is 1590 g/mol. The van der Waals surface area contributed by atoms with Crippen LogP contribution in [0.4, 0.5) is 35.1 Å². The van der Waals surface area contributed by atoms with Crippen LogP contribution in [0.3, 0.4) is 0 Å². The first-order chi connectivity index (χ1) is 51.5. The van der Waals surface area contributed by atoms with Crippen LogP contribution < -0.4 is 0 Å². The van der Waals surface area contributed by atoms with Gasteiger partial charge in [-0.3, -0.25) is 0 Å². The zero-order chi connectivity index (χ0) is 78.7. The van der Waals surface area contributed by atoms with Crippen LogP contribution in [-0.4, -0.2) is 0 Å². The van der Waals surface area contributed by atoms with Crippen molar-refractivity contribution in [1.82, 2.24) is 0 Å². The van der Waals surface area contributed by atoms with Gasteiger partial charge in [-0.05, 0) is 256 Å². The topological polar surface area (TPSA) is 0 Å². The number of aryl methyl sites for hydroxylation is 12. The molecule has 6 aromatic carbocycles. The molecule has 612 valence electrons. The van der Waals surface area contributed by atoms with Gasteiger partial charge in [0, 0.05) is 8.56 Å². The van der Waals surface area contributed by atoms with E-state index in [1.54, 1.807) is 52.0 Å². The molecule has 0 bridgehead atoms. The first-order valence-corrected chi connectivity index (χ1v) is 43.6. The lowest BCUT2D eigenvalue weighted by atomic mass is 9.80. The Kier molecular flexibility index (Phi) is 39.1. The lowest BCUT2D eigenvalue weighted by Crippen LogP contribution is -2.13. The standard InChI is InChI=1S/4C16H22ClF.2C16H22F2.6H2/c2*1-11-3-6-13(7-4-11)8-10-14-9-5-12(2)16(18)15(14)17;4*1-11-3-6-13(7-4-11)8-10-14-9-5-12(2)15(17)16(14)18;;;;;;/h6*5,9,11,13H,3-4,6-8,10H2,1-2H3;6*1H. The normalized spacial score (nSPS) is 24.2. The molecule has 0 spiro atoms. The summed E-state index contributed by atoms with van der Waals surface area (Å²) in [6.07, 6.45) is 42.7. The summed E-state index contributed by atoms with van der Waals surface area (Å²) < 4.78 is 110.